The van der Waals surface area contributed by atoms with Crippen LogP contribution in [0.1, 0.15) is 6.92 Å². The molecule has 0 aromatic heterocycles. The van der Waals surface area contributed by atoms with E-state index in [1.165, 1.54) is 11.1 Å². The molecule has 1 aliphatic heterocycles. The van der Waals surface area contributed by atoms with E-state index in [9.17, 15) is 4.79 Å². The number of ketones is 1. The van der Waals surface area contributed by atoms with Gasteiger partial charge in [-0.15, -0.1) is 23.5 Å². The lowest BCUT2D eigenvalue weighted by Gasteiger charge is -2.21. The maximum atomic E-state index is 11.1. The largest absolute Gasteiger partial charge is 0.298 e. The van der Waals surface area contributed by atoms with Gasteiger partial charge in [-0.25, -0.2) is 0 Å². The number of carbonyl (C=O) groups excluding carboxylic acids is 1. The van der Waals surface area contributed by atoms with Crippen molar-refractivity contribution in [2.45, 2.75) is 11.5 Å². The maximum Gasteiger partial charge on any atom is 0.152 e. The number of hydrogen-bond donors (Lipinski definition) is 0. The lowest BCUT2D eigenvalue weighted by atomic mass is 10.1. The summed E-state index contributed by atoms with van der Waals surface area (Å²) < 4.78 is 0.434. The van der Waals surface area contributed by atoms with Crippen LogP contribution in [0.3, 0.4) is 0 Å². The molecule has 74 valence electrons. The van der Waals surface area contributed by atoms with Crippen LogP contribution in [-0.4, -0.2) is 21.9 Å². The molecule has 14 heavy (non-hydrogen) atoms. The fourth-order valence-electron chi connectivity index (χ4n) is 1.49. The van der Waals surface area contributed by atoms with Gasteiger partial charge in [0.2, 0.25) is 0 Å². The first-order chi connectivity index (χ1) is 6.68. The zero-order valence-electron chi connectivity index (χ0n) is 8.08. The van der Waals surface area contributed by atoms with Crippen molar-refractivity contribution in [1.82, 2.24) is 0 Å². The average molecular weight is 224 g/mol. The number of hydrogen-bond acceptors (Lipinski definition) is 3. The number of carbonyl (C=O) groups is 1. The zero-order valence-corrected chi connectivity index (χ0v) is 9.71. The minimum atomic E-state index is 0.357. The molecular formula is C11H12OS2. The first kappa shape index (κ1) is 10.1. The van der Waals surface area contributed by atoms with Gasteiger partial charge in [0, 0.05) is 0 Å². The molecule has 1 heterocycles. The highest BCUT2D eigenvalue weighted by Gasteiger charge is 2.25. The SMILES string of the molecule is C=C1C=CC(C2SCC(=O)CS2)=C1C. The Labute approximate surface area is 92.7 Å². The van der Waals surface area contributed by atoms with Crippen molar-refractivity contribution in [2.75, 3.05) is 11.5 Å². The summed E-state index contributed by atoms with van der Waals surface area (Å²) in [5.41, 5.74) is 3.74. The molecule has 0 saturated carbocycles. The van der Waals surface area contributed by atoms with E-state index in [0.717, 1.165) is 5.57 Å². The van der Waals surface area contributed by atoms with Crippen molar-refractivity contribution in [2.24, 2.45) is 0 Å². The minimum absolute atomic E-state index is 0.357. The van der Waals surface area contributed by atoms with Crippen molar-refractivity contribution in [3.8, 4) is 0 Å². The number of Topliss-reactive ketones (excluding diaryl/α,β-unsaturated/α-hetero) is 1. The van der Waals surface area contributed by atoms with Crippen LogP contribution in [0.15, 0.2) is 35.5 Å². The van der Waals surface area contributed by atoms with Crippen LogP contribution in [0.25, 0.3) is 0 Å². The Morgan fingerprint density at radius 3 is 2.50 bits per heavy atom. The summed E-state index contributed by atoms with van der Waals surface area (Å²) in [6.07, 6.45) is 4.19. The smallest absolute Gasteiger partial charge is 0.152 e. The minimum Gasteiger partial charge on any atom is -0.298 e. The first-order valence-electron chi connectivity index (χ1n) is 4.51. The Morgan fingerprint density at radius 2 is 2.00 bits per heavy atom. The van der Waals surface area contributed by atoms with Crippen molar-refractivity contribution in [3.63, 3.8) is 0 Å². The average Bonchev–Trinajstić information content (AvgIpc) is 2.50. The summed E-state index contributed by atoms with van der Waals surface area (Å²) in [5.74, 6) is 1.68. The van der Waals surface area contributed by atoms with E-state index in [4.69, 9.17) is 0 Å². The lowest BCUT2D eigenvalue weighted by molar-refractivity contribution is -0.114. The lowest BCUT2D eigenvalue weighted by Crippen LogP contribution is -2.17. The predicted octanol–water partition coefficient (Wildman–Crippen LogP) is 2.80. The highest BCUT2D eigenvalue weighted by atomic mass is 32.2. The van der Waals surface area contributed by atoms with Crippen LogP contribution in [0, 0.1) is 0 Å². The van der Waals surface area contributed by atoms with Gasteiger partial charge in [-0.2, -0.15) is 0 Å². The summed E-state index contributed by atoms with van der Waals surface area (Å²) in [6.45, 7) is 6.07. The van der Waals surface area contributed by atoms with E-state index in [-0.39, 0.29) is 0 Å². The quantitative estimate of drug-likeness (QED) is 0.682. The summed E-state index contributed by atoms with van der Waals surface area (Å²) in [6, 6.07) is 0. The van der Waals surface area contributed by atoms with Crippen LogP contribution in [0.2, 0.25) is 0 Å². The van der Waals surface area contributed by atoms with E-state index in [2.05, 4.69) is 25.7 Å². The van der Waals surface area contributed by atoms with Gasteiger partial charge in [0.15, 0.2) is 5.78 Å². The highest BCUT2D eigenvalue weighted by Crippen LogP contribution is 2.39. The molecule has 2 aliphatic rings. The van der Waals surface area contributed by atoms with E-state index in [1.807, 2.05) is 0 Å². The van der Waals surface area contributed by atoms with Crippen LogP contribution >= 0.6 is 23.5 Å². The zero-order chi connectivity index (χ0) is 10.1. The molecule has 0 radical (unpaired) electrons. The first-order valence-corrected chi connectivity index (χ1v) is 6.61. The molecule has 0 bridgehead atoms. The van der Waals surface area contributed by atoms with Crippen LogP contribution in [0.4, 0.5) is 0 Å². The van der Waals surface area contributed by atoms with Crippen LogP contribution in [-0.2, 0) is 4.79 Å². The van der Waals surface area contributed by atoms with Gasteiger partial charge < -0.3 is 0 Å². The maximum absolute atomic E-state index is 11.1. The topological polar surface area (TPSA) is 17.1 Å². The van der Waals surface area contributed by atoms with Crippen molar-refractivity contribution >= 4 is 29.3 Å². The molecule has 0 amide bonds. The molecule has 0 aromatic carbocycles. The Bertz CT molecular complexity index is 342. The molecule has 1 fully saturated rings. The Kier molecular flexibility index (Phi) is 2.88. The third-order valence-electron chi connectivity index (χ3n) is 2.42. The summed E-state index contributed by atoms with van der Waals surface area (Å²) in [5, 5.41) is 0. The predicted molar refractivity (Wildman–Crippen MR) is 64.7 cm³/mol. The second kappa shape index (κ2) is 3.99. The van der Waals surface area contributed by atoms with Gasteiger partial charge in [-0.1, -0.05) is 18.7 Å². The van der Waals surface area contributed by atoms with Gasteiger partial charge >= 0.3 is 0 Å². The Morgan fingerprint density at radius 1 is 1.36 bits per heavy atom. The molecule has 1 nitrogen and oxygen atoms in total. The fourth-order valence-corrected chi connectivity index (χ4v) is 4.16. The number of rotatable bonds is 1. The molecule has 2 rings (SSSR count). The second-order valence-corrected chi connectivity index (χ2v) is 5.92. The molecular weight excluding hydrogens is 212 g/mol. The fraction of sp³-hybridized carbons (Fsp3) is 0.364. The molecule has 3 heteroatoms. The summed E-state index contributed by atoms with van der Waals surface area (Å²) in [7, 11) is 0. The summed E-state index contributed by atoms with van der Waals surface area (Å²) in [4.78, 5) is 11.1. The standard InChI is InChI=1S/C11H12OS2/c1-7-3-4-10(8(7)2)11-13-5-9(12)6-14-11/h3-4,11H,1,5-6H2,2H3. The molecule has 0 N–H and O–H groups in total. The molecule has 0 unspecified atom stereocenters. The van der Waals surface area contributed by atoms with Gasteiger partial charge in [0.1, 0.15) is 0 Å². The summed E-state index contributed by atoms with van der Waals surface area (Å²) >= 11 is 3.48. The monoisotopic (exact) mass is 224 g/mol. The molecule has 0 atom stereocenters. The number of allylic oxidation sites excluding steroid dienone is 4. The van der Waals surface area contributed by atoms with Crippen LogP contribution in [0.5, 0.6) is 0 Å². The molecule has 1 saturated heterocycles. The van der Waals surface area contributed by atoms with Gasteiger partial charge in [0.05, 0.1) is 16.1 Å². The third-order valence-corrected chi connectivity index (χ3v) is 5.33. The number of thioether (sulfide) groups is 2. The third kappa shape index (κ3) is 1.84. The van der Waals surface area contributed by atoms with Crippen molar-refractivity contribution < 1.29 is 4.79 Å². The second-order valence-electron chi connectivity index (χ2n) is 3.43. The Hall–Kier alpha value is -0.410. The van der Waals surface area contributed by atoms with E-state index in [1.54, 1.807) is 23.5 Å². The van der Waals surface area contributed by atoms with Crippen LogP contribution < -0.4 is 0 Å². The molecule has 0 aromatic rings. The van der Waals surface area contributed by atoms with E-state index in [0.29, 0.717) is 21.9 Å². The van der Waals surface area contributed by atoms with Gasteiger partial charge in [-0.05, 0) is 23.6 Å². The molecule has 1 aliphatic carbocycles. The van der Waals surface area contributed by atoms with E-state index >= 15 is 0 Å². The van der Waals surface area contributed by atoms with Gasteiger partial charge in [0.25, 0.3) is 0 Å². The van der Waals surface area contributed by atoms with Crippen molar-refractivity contribution in [3.05, 3.63) is 35.5 Å². The molecule has 0 spiro atoms. The highest BCUT2D eigenvalue weighted by molar-refractivity contribution is 8.19. The normalized spacial score (nSPS) is 23.8. The van der Waals surface area contributed by atoms with Gasteiger partial charge in [-0.3, -0.25) is 4.79 Å². The van der Waals surface area contributed by atoms with E-state index < -0.39 is 0 Å². The Balaban J connectivity index is 2.13. The van der Waals surface area contributed by atoms with Crippen molar-refractivity contribution in [1.29, 1.82) is 0 Å².